The summed E-state index contributed by atoms with van der Waals surface area (Å²) in [6.07, 6.45) is 5.16. The zero-order valence-corrected chi connectivity index (χ0v) is 17.6. The number of urea groups is 1. The summed E-state index contributed by atoms with van der Waals surface area (Å²) in [5.74, 6) is 0.891. The number of likely N-dealkylation sites (tertiary alicyclic amines) is 1. The number of carbonyl (C=O) groups is 2. The van der Waals surface area contributed by atoms with E-state index in [0.717, 1.165) is 50.7 Å². The first-order chi connectivity index (χ1) is 15.2. The highest BCUT2D eigenvalue weighted by Crippen LogP contribution is 2.13. The van der Waals surface area contributed by atoms with Gasteiger partial charge in [0, 0.05) is 63.4 Å². The smallest absolute Gasteiger partial charge is 0.319 e. The Morgan fingerprint density at radius 2 is 1.58 bits per heavy atom. The van der Waals surface area contributed by atoms with E-state index in [1.54, 1.807) is 18.5 Å². The predicted molar refractivity (Wildman–Crippen MR) is 119 cm³/mol. The fourth-order valence-corrected chi connectivity index (χ4v) is 4.01. The van der Waals surface area contributed by atoms with Gasteiger partial charge in [0.1, 0.15) is 0 Å². The van der Waals surface area contributed by atoms with Crippen molar-refractivity contribution in [1.82, 2.24) is 25.1 Å². The van der Waals surface area contributed by atoms with E-state index < -0.39 is 0 Å². The third-order valence-electron chi connectivity index (χ3n) is 5.78. The lowest BCUT2D eigenvalue weighted by Crippen LogP contribution is -2.53. The van der Waals surface area contributed by atoms with E-state index in [1.807, 2.05) is 35.2 Å². The molecule has 2 fully saturated rings. The lowest BCUT2D eigenvalue weighted by Gasteiger charge is -2.37. The summed E-state index contributed by atoms with van der Waals surface area (Å²) < 4.78 is 0. The van der Waals surface area contributed by atoms with Gasteiger partial charge in [-0.3, -0.25) is 9.69 Å². The van der Waals surface area contributed by atoms with E-state index in [0.29, 0.717) is 19.6 Å². The van der Waals surface area contributed by atoms with Gasteiger partial charge in [-0.25, -0.2) is 14.8 Å². The molecule has 0 atom stereocenters. The van der Waals surface area contributed by atoms with Crippen LogP contribution in [0.1, 0.15) is 12.8 Å². The van der Waals surface area contributed by atoms with E-state index in [9.17, 15) is 9.59 Å². The molecule has 164 valence electrons. The standard InChI is InChI=1S/C22H29N7O2/c30-20(28-13-15-29(16-14-28)21-23-9-4-10-24-21)17-27-11-7-19(8-12-27)26-22(31)25-18-5-2-1-3-6-18/h1-6,9-10,19H,7-8,11-17H2,(H2,25,26,31). The van der Waals surface area contributed by atoms with Crippen LogP contribution in [0.4, 0.5) is 16.4 Å². The Morgan fingerprint density at radius 3 is 2.26 bits per heavy atom. The third kappa shape index (κ3) is 5.91. The van der Waals surface area contributed by atoms with Crippen molar-refractivity contribution in [2.24, 2.45) is 0 Å². The Balaban J connectivity index is 1.15. The fourth-order valence-electron chi connectivity index (χ4n) is 4.01. The Bertz CT molecular complexity index is 849. The minimum absolute atomic E-state index is 0.129. The van der Waals surface area contributed by atoms with Gasteiger partial charge in [-0.05, 0) is 31.0 Å². The molecule has 0 spiro atoms. The molecule has 3 amide bonds. The maximum absolute atomic E-state index is 12.7. The highest BCUT2D eigenvalue weighted by atomic mass is 16.2. The average molecular weight is 424 g/mol. The lowest BCUT2D eigenvalue weighted by atomic mass is 10.1. The molecule has 0 unspecified atom stereocenters. The number of hydrogen-bond acceptors (Lipinski definition) is 6. The molecule has 2 saturated heterocycles. The molecule has 2 aliphatic heterocycles. The lowest BCUT2D eigenvalue weighted by molar-refractivity contribution is -0.133. The summed E-state index contributed by atoms with van der Waals surface area (Å²) in [5.41, 5.74) is 0.780. The van der Waals surface area contributed by atoms with Crippen molar-refractivity contribution in [2.45, 2.75) is 18.9 Å². The second-order valence-electron chi connectivity index (χ2n) is 7.93. The van der Waals surface area contributed by atoms with Crippen molar-refractivity contribution >= 4 is 23.6 Å². The molecule has 9 nitrogen and oxygen atoms in total. The number of nitrogens with one attached hydrogen (secondary N) is 2. The third-order valence-corrected chi connectivity index (χ3v) is 5.78. The molecule has 2 aromatic rings. The number of carbonyl (C=O) groups excluding carboxylic acids is 2. The van der Waals surface area contributed by atoms with Gasteiger partial charge in [0.25, 0.3) is 0 Å². The molecule has 4 rings (SSSR count). The van der Waals surface area contributed by atoms with Crippen LogP contribution in [0.2, 0.25) is 0 Å². The normalized spacial score (nSPS) is 17.9. The van der Waals surface area contributed by atoms with E-state index in [4.69, 9.17) is 0 Å². The number of piperazine rings is 1. The van der Waals surface area contributed by atoms with Gasteiger partial charge >= 0.3 is 6.03 Å². The highest BCUT2D eigenvalue weighted by Gasteiger charge is 2.26. The molecular formula is C22H29N7O2. The van der Waals surface area contributed by atoms with Crippen LogP contribution in [-0.2, 0) is 4.79 Å². The van der Waals surface area contributed by atoms with Crippen LogP contribution in [0, 0.1) is 0 Å². The molecule has 0 radical (unpaired) electrons. The first kappa shape index (κ1) is 21.0. The zero-order chi connectivity index (χ0) is 21.5. The van der Waals surface area contributed by atoms with E-state index in [1.165, 1.54) is 0 Å². The van der Waals surface area contributed by atoms with Crippen LogP contribution in [0.3, 0.4) is 0 Å². The first-order valence-corrected chi connectivity index (χ1v) is 10.8. The number of piperidine rings is 1. The molecule has 2 aliphatic rings. The zero-order valence-electron chi connectivity index (χ0n) is 17.6. The summed E-state index contributed by atoms with van der Waals surface area (Å²) in [5, 5.41) is 5.89. The maximum atomic E-state index is 12.7. The van der Waals surface area contributed by atoms with Gasteiger partial charge in [0.05, 0.1) is 6.54 Å². The quantitative estimate of drug-likeness (QED) is 0.755. The van der Waals surface area contributed by atoms with Crippen molar-refractivity contribution in [3.8, 4) is 0 Å². The number of benzene rings is 1. The minimum Gasteiger partial charge on any atom is -0.338 e. The molecular weight excluding hydrogens is 394 g/mol. The SMILES string of the molecule is O=C(Nc1ccccc1)NC1CCN(CC(=O)N2CCN(c3ncccn3)CC2)CC1. The number of amides is 3. The molecule has 0 bridgehead atoms. The first-order valence-electron chi connectivity index (χ1n) is 10.8. The monoisotopic (exact) mass is 423 g/mol. The van der Waals surface area contributed by atoms with Crippen molar-refractivity contribution in [1.29, 1.82) is 0 Å². The van der Waals surface area contributed by atoms with Gasteiger partial charge < -0.3 is 20.4 Å². The highest BCUT2D eigenvalue weighted by molar-refractivity contribution is 5.89. The maximum Gasteiger partial charge on any atom is 0.319 e. The van der Waals surface area contributed by atoms with Gasteiger partial charge in [-0.2, -0.15) is 0 Å². The molecule has 3 heterocycles. The van der Waals surface area contributed by atoms with Crippen molar-refractivity contribution in [3.63, 3.8) is 0 Å². The summed E-state index contributed by atoms with van der Waals surface area (Å²) in [7, 11) is 0. The topological polar surface area (TPSA) is 93.7 Å². The largest absolute Gasteiger partial charge is 0.338 e. The van der Waals surface area contributed by atoms with E-state index >= 15 is 0 Å². The molecule has 31 heavy (non-hydrogen) atoms. The minimum atomic E-state index is -0.180. The summed E-state index contributed by atoms with van der Waals surface area (Å²) in [6.45, 7) is 4.92. The Hall–Kier alpha value is -3.20. The Labute approximate surface area is 182 Å². The number of hydrogen-bond donors (Lipinski definition) is 2. The molecule has 0 aliphatic carbocycles. The van der Waals surface area contributed by atoms with Crippen molar-refractivity contribution in [2.75, 3.05) is 56.0 Å². The number of anilines is 2. The summed E-state index contributed by atoms with van der Waals surface area (Å²) >= 11 is 0. The second-order valence-corrected chi connectivity index (χ2v) is 7.93. The average Bonchev–Trinajstić information content (AvgIpc) is 2.81. The Morgan fingerprint density at radius 1 is 0.903 bits per heavy atom. The van der Waals surface area contributed by atoms with Gasteiger partial charge in [-0.15, -0.1) is 0 Å². The number of para-hydroxylation sites is 1. The predicted octanol–water partition coefficient (Wildman–Crippen LogP) is 1.41. The van der Waals surface area contributed by atoms with Crippen LogP contribution < -0.4 is 15.5 Å². The van der Waals surface area contributed by atoms with Crippen LogP contribution in [0.15, 0.2) is 48.8 Å². The van der Waals surface area contributed by atoms with Crippen LogP contribution in [0.5, 0.6) is 0 Å². The molecule has 1 aromatic carbocycles. The van der Waals surface area contributed by atoms with Gasteiger partial charge in [0.2, 0.25) is 11.9 Å². The molecule has 1 aromatic heterocycles. The van der Waals surface area contributed by atoms with Crippen molar-refractivity contribution < 1.29 is 9.59 Å². The number of rotatable bonds is 5. The van der Waals surface area contributed by atoms with E-state index in [-0.39, 0.29) is 18.0 Å². The fraction of sp³-hybridized carbons (Fsp3) is 0.455. The second kappa shape index (κ2) is 10.2. The number of aromatic nitrogens is 2. The summed E-state index contributed by atoms with van der Waals surface area (Å²) in [4.78, 5) is 39.7. The van der Waals surface area contributed by atoms with Crippen LogP contribution in [-0.4, -0.2) is 83.6 Å². The van der Waals surface area contributed by atoms with E-state index in [2.05, 4.69) is 30.4 Å². The molecule has 2 N–H and O–H groups in total. The Kier molecular flexibility index (Phi) is 6.93. The van der Waals surface area contributed by atoms with Gasteiger partial charge in [0.15, 0.2) is 0 Å². The number of nitrogens with zero attached hydrogens (tertiary/aromatic N) is 5. The van der Waals surface area contributed by atoms with Gasteiger partial charge in [-0.1, -0.05) is 18.2 Å². The molecule has 0 saturated carbocycles. The van der Waals surface area contributed by atoms with Crippen LogP contribution >= 0.6 is 0 Å². The van der Waals surface area contributed by atoms with Crippen molar-refractivity contribution in [3.05, 3.63) is 48.8 Å². The summed E-state index contributed by atoms with van der Waals surface area (Å²) in [6, 6.07) is 11.2. The molecule has 9 heteroatoms. The van der Waals surface area contributed by atoms with Crippen LogP contribution in [0.25, 0.3) is 0 Å².